The minimum Gasteiger partial charge on any atom is -0.478 e. The number of halogens is 1. The molecule has 0 fully saturated rings. The lowest BCUT2D eigenvalue weighted by molar-refractivity contribution is -1.06. The van der Waals surface area contributed by atoms with E-state index < -0.39 is 21.1 Å². The van der Waals surface area contributed by atoms with Crippen LogP contribution < -0.4 is 0 Å². The number of non-ortho nitro benzene ring substituents is 1. The predicted molar refractivity (Wildman–Crippen MR) is 97.9 cm³/mol. The van der Waals surface area contributed by atoms with E-state index in [1.807, 2.05) is 0 Å². The van der Waals surface area contributed by atoms with E-state index in [4.69, 9.17) is 9.94 Å². The summed E-state index contributed by atoms with van der Waals surface area (Å²) < 4.78 is 0.166. The van der Waals surface area contributed by atoms with Crippen molar-refractivity contribution >= 4 is 34.0 Å². The number of hydroxylamine groups is 3. The first-order valence-corrected chi connectivity index (χ1v) is 8.63. The second-order valence-electron chi connectivity index (χ2n) is 6.71. The molecule has 1 amide bonds. The number of nitro groups is 1. The van der Waals surface area contributed by atoms with Crippen molar-refractivity contribution in [2.24, 2.45) is 0 Å². The van der Waals surface area contributed by atoms with Crippen LogP contribution in [0.4, 0.5) is 5.69 Å². The molecule has 0 saturated carbocycles. The van der Waals surface area contributed by atoms with Crippen LogP contribution in [0.2, 0.25) is 0 Å². The number of rotatable bonds is 9. The molecule has 0 radical (unpaired) electrons. The lowest BCUT2D eigenvalue weighted by Gasteiger charge is -2.34. The van der Waals surface area contributed by atoms with Crippen molar-refractivity contribution in [3.05, 3.63) is 50.5 Å². The van der Waals surface area contributed by atoms with E-state index in [0.29, 0.717) is 16.4 Å². The highest BCUT2D eigenvalue weighted by atomic mass is 79.9. The number of aliphatic carboxylic acids is 1. The van der Waals surface area contributed by atoms with Gasteiger partial charge >= 0.3 is 12.4 Å². The molecule has 1 aromatic rings. The van der Waals surface area contributed by atoms with Crippen LogP contribution >= 0.6 is 15.9 Å². The van der Waals surface area contributed by atoms with Gasteiger partial charge < -0.3 is 5.11 Å². The molecule has 1 N–H and O–H groups in total. The fourth-order valence-corrected chi connectivity index (χ4v) is 2.75. The quantitative estimate of drug-likeness (QED) is 0.211. The maximum absolute atomic E-state index is 11.9. The predicted octanol–water partition coefficient (Wildman–Crippen LogP) is 3.59. The topological polar surface area (TPSA) is 107 Å². The third-order valence-electron chi connectivity index (χ3n) is 3.26. The SMILES string of the molecule is CC(C)(C)O[N+](C=O)(CC/C=C/C(=O)O)Cc1cc([N+](=O)[O-])ccc1Br. The van der Waals surface area contributed by atoms with E-state index in [1.54, 1.807) is 26.8 Å². The molecule has 26 heavy (non-hydrogen) atoms. The van der Waals surface area contributed by atoms with Gasteiger partial charge in [0.1, 0.15) is 18.7 Å². The summed E-state index contributed by atoms with van der Waals surface area (Å²) in [7, 11) is 0. The largest absolute Gasteiger partial charge is 0.478 e. The zero-order chi connectivity index (χ0) is 20.0. The summed E-state index contributed by atoms with van der Waals surface area (Å²) in [5, 5.41) is 19.7. The van der Waals surface area contributed by atoms with Gasteiger partial charge in [-0.05, 0) is 26.8 Å². The van der Waals surface area contributed by atoms with Crippen LogP contribution in [0.1, 0.15) is 32.8 Å². The molecule has 1 rings (SSSR count). The van der Waals surface area contributed by atoms with Gasteiger partial charge in [0, 0.05) is 34.7 Å². The number of amides is 1. The van der Waals surface area contributed by atoms with Crippen LogP contribution in [0.3, 0.4) is 0 Å². The van der Waals surface area contributed by atoms with Gasteiger partial charge in [-0.3, -0.25) is 10.1 Å². The van der Waals surface area contributed by atoms with Crippen LogP contribution in [0.25, 0.3) is 0 Å². The first-order chi connectivity index (χ1) is 12.0. The minimum atomic E-state index is -1.08. The third kappa shape index (κ3) is 7.03. The van der Waals surface area contributed by atoms with Gasteiger partial charge in [-0.25, -0.2) is 9.59 Å². The second kappa shape index (κ2) is 9.02. The number of nitro benzene ring substituents is 1. The molecule has 1 atom stereocenters. The fraction of sp³-hybridized carbons (Fsp3) is 0.412. The molecule has 142 valence electrons. The Morgan fingerprint density at radius 1 is 1.42 bits per heavy atom. The number of nitrogens with zero attached hydrogens (tertiary/aromatic N) is 2. The average Bonchev–Trinajstić information content (AvgIpc) is 2.51. The first-order valence-electron chi connectivity index (χ1n) is 7.84. The van der Waals surface area contributed by atoms with Gasteiger partial charge in [-0.15, -0.1) is 4.65 Å². The highest BCUT2D eigenvalue weighted by molar-refractivity contribution is 9.10. The molecule has 0 aliphatic carbocycles. The Morgan fingerprint density at radius 3 is 2.58 bits per heavy atom. The van der Waals surface area contributed by atoms with Crippen LogP contribution in [0, 0.1) is 10.1 Å². The van der Waals surface area contributed by atoms with E-state index in [9.17, 15) is 19.7 Å². The fourth-order valence-electron chi connectivity index (χ4n) is 2.38. The van der Waals surface area contributed by atoms with Crippen LogP contribution in [0.5, 0.6) is 0 Å². The minimum absolute atomic E-state index is 0.0595. The number of hydrogen-bond donors (Lipinski definition) is 1. The van der Waals surface area contributed by atoms with Crippen molar-refractivity contribution in [2.75, 3.05) is 6.54 Å². The molecule has 1 aromatic carbocycles. The molecule has 0 heterocycles. The Kier molecular flexibility index (Phi) is 7.61. The third-order valence-corrected chi connectivity index (χ3v) is 4.03. The summed E-state index contributed by atoms with van der Waals surface area (Å²) in [5.74, 6) is -1.08. The van der Waals surface area contributed by atoms with Crippen molar-refractivity contribution in [3.8, 4) is 0 Å². The number of benzene rings is 1. The molecule has 8 nitrogen and oxygen atoms in total. The van der Waals surface area contributed by atoms with Gasteiger partial charge in [0.2, 0.25) is 0 Å². The molecule has 0 bridgehead atoms. The normalized spacial score (nSPS) is 14.2. The van der Waals surface area contributed by atoms with E-state index in [1.165, 1.54) is 18.2 Å². The van der Waals surface area contributed by atoms with Crippen molar-refractivity contribution in [2.45, 2.75) is 39.3 Å². The van der Waals surface area contributed by atoms with Crippen molar-refractivity contribution < 1.29 is 29.1 Å². The number of hydrogen-bond acceptors (Lipinski definition) is 5. The number of carbonyl (C=O) groups excluding carboxylic acids is 1. The highest BCUT2D eigenvalue weighted by Crippen LogP contribution is 2.28. The van der Waals surface area contributed by atoms with Gasteiger partial charge in [-0.2, -0.15) is 4.84 Å². The molecule has 1 unspecified atom stereocenters. The number of quaternary nitrogens is 1. The highest BCUT2D eigenvalue weighted by Gasteiger charge is 2.36. The first kappa shape index (κ1) is 21.9. The zero-order valence-corrected chi connectivity index (χ0v) is 16.4. The molecule has 0 aliphatic rings. The van der Waals surface area contributed by atoms with E-state index in [2.05, 4.69) is 15.9 Å². The van der Waals surface area contributed by atoms with Gasteiger partial charge in [0.25, 0.3) is 5.69 Å². The summed E-state index contributed by atoms with van der Waals surface area (Å²) in [4.78, 5) is 39.0. The Morgan fingerprint density at radius 2 is 2.08 bits per heavy atom. The molecule has 0 aromatic heterocycles. The molecule has 9 heteroatoms. The molecule has 0 aliphatic heterocycles. The van der Waals surface area contributed by atoms with Crippen molar-refractivity contribution in [3.63, 3.8) is 0 Å². The Labute approximate surface area is 159 Å². The Hall–Kier alpha value is -2.10. The van der Waals surface area contributed by atoms with Crippen LogP contribution in [0.15, 0.2) is 34.8 Å². The molecular formula is C17H22BrN2O6+. The molecule has 0 spiro atoms. The molecular weight excluding hydrogens is 408 g/mol. The number of carboxylic acid groups (broad SMARTS) is 1. The van der Waals surface area contributed by atoms with Gasteiger partial charge in [0.05, 0.1) is 4.92 Å². The van der Waals surface area contributed by atoms with E-state index in [-0.39, 0.29) is 25.2 Å². The monoisotopic (exact) mass is 429 g/mol. The molecule has 0 saturated heterocycles. The van der Waals surface area contributed by atoms with E-state index >= 15 is 0 Å². The maximum Gasteiger partial charge on any atom is 0.334 e. The Balaban J connectivity index is 3.19. The van der Waals surface area contributed by atoms with Crippen LogP contribution in [-0.2, 0) is 21.0 Å². The average molecular weight is 430 g/mol. The number of carboxylic acids is 1. The summed E-state index contributed by atoms with van der Waals surface area (Å²) in [6.45, 7) is 5.61. The van der Waals surface area contributed by atoms with Crippen molar-refractivity contribution in [1.29, 1.82) is 0 Å². The Bertz CT molecular complexity index is 714. The summed E-state index contributed by atoms with van der Waals surface area (Å²) in [6, 6.07) is 4.30. The van der Waals surface area contributed by atoms with Gasteiger partial charge in [-0.1, -0.05) is 22.0 Å². The summed E-state index contributed by atoms with van der Waals surface area (Å²) >= 11 is 3.35. The maximum atomic E-state index is 11.9. The summed E-state index contributed by atoms with van der Waals surface area (Å²) in [6.07, 6.45) is 3.35. The standard InChI is InChI=1S/C17H21BrN2O6/c1-17(2,3)26-20(12-21,9-5-4-6-16(22)23)11-13-10-14(19(24)25)7-8-15(13)18/h4,6-8,10,12H,5,9,11H2,1-3H3/p+1/b6-4+. The number of carbonyl (C=O) groups is 2. The lowest BCUT2D eigenvalue weighted by Crippen LogP contribution is -2.51. The second-order valence-corrected chi connectivity index (χ2v) is 7.56. The van der Waals surface area contributed by atoms with Crippen molar-refractivity contribution in [1.82, 2.24) is 0 Å². The zero-order valence-electron chi connectivity index (χ0n) is 14.8. The van der Waals surface area contributed by atoms with Gasteiger partial charge in [0.15, 0.2) is 0 Å². The van der Waals surface area contributed by atoms with Crippen LogP contribution in [-0.4, -0.2) is 39.2 Å². The smallest absolute Gasteiger partial charge is 0.334 e. The van der Waals surface area contributed by atoms with E-state index in [0.717, 1.165) is 6.08 Å². The summed E-state index contributed by atoms with van der Waals surface area (Å²) in [5.41, 5.74) is -0.212. The lowest BCUT2D eigenvalue weighted by atomic mass is 10.1.